The lowest BCUT2D eigenvalue weighted by Crippen LogP contribution is -2.45. The average molecular weight is 476 g/mol. The summed E-state index contributed by atoms with van der Waals surface area (Å²) >= 11 is 1.54. The zero-order valence-electron chi connectivity index (χ0n) is 17.6. The number of nitrogens with one attached hydrogen (secondary N) is 1. The van der Waals surface area contributed by atoms with Crippen molar-refractivity contribution in [3.8, 4) is 10.7 Å². The molecule has 8 nitrogen and oxygen atoms in total. The third-order valence-electron chi connectivity index (χ3n) is 5.37. The lowest BCUT2D eigenvalue weighted by atomic mass is 10.0. The van der Waals surface area contributed by atoms with Crippen molar-refractivity contribution in [2.45, 2.75) is 37.3 Å². The first-order chi connectivity index (χ1) is 15.9. The quantitative estimate of drug-likeness (QED) is 0.457. The van der Waals surface area contributed by atoms with E-state index in [1.165, 1.54) is 35.2 Å². The molecule has 1 saturated heterocycles. The van der Waals surface area contributed by atoms with Crippen LogP contribution in [0.5, 0.6) is 0 Å². The third kappa shape index (κ3) is 5.42. The second-order valence-electron chi connectivity index (χ2n) is 7.59. The number of hydrogen-bond donors (Lipinski definition) is 2. The van der Waals surface area contributed by atoms with Crippen LogP contribution in [-0.4, -0.2) is 62.0 Å². The molecule has 3 aromatic rings. The van der Waals surface area contributed by atoms with E-state index in [2.05, 4.69) is 20.6 Å². The molecule has 1 aliphatic heterocycles. The molecule has 174 valence electrons. The van der Waals surface area contributed by atoms with E-state index in [-0.39, 0.29) is 12.2 Å². The van der Waals surface area contributed by atoms with Crippen LogP contribution in [-0.2, 0) is 17.1 Å². The number of thiophene rings is 1. The largest absolute Gasteiger partial charge is 0.449 e. The number of aliphatic hydroxyl groups excluding tert-OH is 1. The summed E-state index contributed by atoms with van der Waals surface area (Å²) in [6.07, 6.45) is 1.90. The standard InChI is InChI=1S/C22H23F2N5O3S/c23-22(24,15-5-2-1-3-6-15)19(30)11-8-16-12-14-32-21(31)29(16)13-4-7-17-9-10-18(33-17)20-25-27-28-26-20/h1-3,5-6,8-11,16,19,30H,4,7,12-14H2,(H,25,26,27,28)/b11-8+/t16-,19+/m0/s1. The van der Waals surface area contributed by atoms with Gasteiger partial charge < -0.3 is 14.7 Å². The fourth-order valence-corrected chi connectivity index (χ4v) is 4.58. The maximum atomic E-state index is 14.6. The van der Waals surface area contributed by atoms with Crippen molar-refractivity contribution in [1.82, 2.24) is 25.5 Å². The Morgan fingerprint density at radius 2 is 2.12 bits per heavy atom. The number of H-pyrrole nitrogens is 1. The molecule has 2 N–H and O–H groups in total. The van der Waals surface area contributed by atoms with Gasteiger partial charge in [0.25, 0.3) is 0 Å². The van der Waals surface area contributed by atoms with Gasteiger partial charge in [-0.15, -0.1) is 21.5 Å². The number of benzene rings is 1. The van der Waals surface area contributed by atoms with E-state index in [1.807, 2.05) is 12.1 Å². The molecule has 11 heteroatoms. The van der Waals surface area contributed by atoms with E-state index in [0.717, 1.165) is 22.3 Å². The molecular formula is C22H23F2N5O3S. The highest BCUT2D eigenvalue weighted by molar-refractivity contribution is 7.15. The van der Waals surface area contributed by atoms with Gasteiger partial charge in [-0.1, -0.05) is 42.5 Å². The summed E-state index contributed by atoms with van der Waals surface area (Å²) in [5.41, 5.74) is -0.266. The number of cyclic esters (lactones) is 1. The highest BCUT2D eigenvalue weighted by Gasteiger charge is 2.39. The van der Waals surface area contributed by atoms with E-state index >= 15 is 0 Å². The fraction of sp³-hybridized carbons (Fsp3) is 0.364. The van der Waals surface area contributed by atoms with Gasteiger partial charge in [0.1, 0.15) is 6.10 Å². The molecule has 2 aromatic heterocycles. The van der Waals surface area contributed by atoms with Crippen LogP contribution in [0.1, 0.15) is 23.3 Å². The highest BCUT2D eigenvalue weighted by Crippen LogP contribution is 2.32. The first-order valence-corrected chi connectivity index (χ1v) is 11.3. The number of aryl methyl sites for hydroxylation is 1. The van der Waals surface area contributed by atoms with Crippen molar-refractivity contribution in [2.75, 3.05) is 13.2 Å². The molecule has 0 saturated carbocycles. The van der Waals surface area contributed by atoms with Crippen molar-refractivity contribution in [3.05, 3.63) is 65.1 Å². The summed E-state index contributed by atoms with van der Waals surface area (Å²) in [5, 5.41) is 24.0. The minimum absolute atomic E-state index is 0.203. The van der Waals surface area contributed by atoms with Gasteiger partial charge in [-0.25, -0.2) is 4.79 Å². The molecule has 0 bridgehead atoms. The summed E-state index contributed by atoms with van der Waals surface area (Å²) in [6, 6.07) is 10.6. The van der Waals surface area contributed by atoms with Crippen molar-refractivity contribution in [3.63, 3.8) is 0 Å². The van der Waals surface area contributed by atoms with Gasteiger partial charge in [0, 0.05) is 23.4 Å². The van der Waals surface area contributed by atoms with Crippen LogP contribution in [0.2, 0.25) is 0 Å². The lowest BCUT2D eigenvalue weighted by Gasteiger charge is -2.33. The van der Waals surface area contributed by atoms with Crippen LogP contribution in [0.4, 0.5) is 13.6 Å². The molecule has 1 amide bonds. The van der Waals surface area contributed by atoms with E-state index in [4.69, 9.17) is 4.74 Å². The molecule has 0 spiro atoms. The smallest absolute Gasteiger partial charge is 0.410 e. The Morgan fingerprint density at radius 3 is 2.88 bits per heavy atom. The SMILES string of the molecule is O=C1OCC[C@H](/C=C/[C@@H](O)C(F)(F)c2ccccc2)N1CCCc1ccc(-c2nn[nH]n2)s1. The van der Waals surface area contributed by atoms with Crippen LogP contribution >= 0.6 is 11.3 Å². The van der Waals surface area contributed by atoms with Gasteiger partial charge in [0.15, 0.2) is 0 Å². The Kier molecular flexibility index (Phi) is 7.09. The minimum Gasteiger partial charge on any atom is -0.449 e. The van der Waals surface area contributed by atoms with Crippen molar-refractivity contribution < 1.29 is 23.4 Å². The predicted octanol–water partition coefficient (Wildman–Crippen LogP) is 3.78. The number of aliphatic hydroxyl groups is 1. The maximum Gasteiger partial charge on any atom is 0.410 e. The van der Waals surface area contributed by atoms with Crippen LogP contribution in [0.25, 0.3) is 10.7 Å². The van der Waals surface area contributed by atoms with Crippen molar-refractivity contribution >= 4 is 17.4 Å². The summed E-state index contributed by atoms with van der Waals surface area (Å²) in [7, 11) is 0. The van der Waals surface area contributed by atoms with Crippen LogP contribution in [0.3, 0.4) is 0 Å². The van der Waals surface area contributed by atoms with Gasteiger partial charge in [0.05, 0.1) is 17.5 Å². The van der Waals surface area contributed by atoms with E-state index < -0.39 is 24.2 Å². The van der Waals surface area contributed by atoms with Gasteiger partial charge in [-0.05, 0) is 30.2 Å². The number of carbonyl (C=O) groups is 1. The molecule has 1 aliphatic rings. The Balaban J connectivity index is 1.36. The topological polar surface area (TPSA) is 104 Å². The summed E-state index contributed by atoms with van der Waals surface area (Å²) < 4.78 is 34.2. The third-order valence-corrected chi connectivity index (χ3v) is 6.51. The molecule has 1 fully saturated rings. The lowest BCUT2D eigenvalue weighted by molar-refractivity contribution is -0.0930. The number of alkyl halides is 2. The van der Waals surface area contributed by atoms with Crippen molar-refractivity contribution in [1.29, 1.82) is 0 Å². The van der Waals surface area contributed by atoms with E-state index in [9.17, 15) is 18.7 Å². The molecule has 33 heavy (non-hydrogen) atoms. The minimum atomic E-state index is -3.44. The van der Waals surface area contributed by atoms with Crippen LogP contribution in [0.15, 0.2) is 54.6 Å². The Morgan fingerprint density at radius 1 is 1.30 bits per heavy atom. The van der Waals surface area contributed by atoms with Crippen LogP contribution in [0, 0.1) is 0 Å². The predicted molar refractivity (Wildman–Crippen MR) is 118 cm³/mol. The molecular weight excluding hydrogens is 452 g/mol. The molecule has 1 aromatic carbocycles. The normalized spacial score (nSPS) is 18.0. The Bertz CT molecular complexity index is 1070. The number of aromatic nitrogens is 4. The monoisotopic (exact) mass is 475 g/mol. The maximum absolute atomic E-state index is 14.6. The number of rotatable bonds is 9. The second kappa shape index (κ2) is 10.2. The molecule has 4 rings (SSSR count). The van der Waals surface area contributed by atoms with E-state index in [1.54, 1.807) is 17.4 Å². The number of aromatic amines is 1. The molecule has 0 radical (unpaired) electrons. The van der Waals surface area contributed by atoms with E-state index in [0.29, 0.717) is 25.2 Å². The molecule has 3 heterocycles. The first-order valence-electron chi connectivity index (χ1n) is 10.5. The number of halogens is 2. The molecule has 2 atom stereocenters. The first kappa shape index (κ1) is 23.0. The zero-order chi connectivity index (χ0) is 23.3. The number of carbonyl (C=O) groups excluding carboxylic acids is 1. The van der Waals surface area contributed by atoms with Gasteiger partial charge in [0.2, 0.25) is 5.82 Å². The fourth-order valence-electron chi connectivity index (χ4n) is 3.61. The Labute approximate surface area is 192 Å². The summed E-state index contributed by atoms with van der Waals surface area (Å²) in [5.74, 6) is -2.91. The van der Waals surface area contributed by atoms with Gasteiger partial charge >= 0.3 is 12.0 Å². The number of tetrazole rings is 1. The summed E-state index contributed by atoms with van der Waals surface area (Å²) in [4.78, 5) is 15.8. The number of ether oxygens (including phenoxy) is 1. The van der Waals surface area contributed by atoms with Gasteiger partial charge in [-0.2, -0.15) is 14.0 Å². The number of hydrogen-bond acceptors (Lipinski definition) is 7. The highest BCUT2D eigenvalue weighted by atomic mass is 32.1. The molecule has 0 aliphatic carbocycles. The summed E-state index contributed by atoms with van der Waals surface area (Å²) in [6.45, 7) is 0.600. The number of amides is 1. The molecule has 0 unspecified atom stereocenters. The zero-order valence-corrected chi connectivity index (χ0v) is 18.4. The second-order valence-corrected chi connectivity index (χ2v) is 8.76. The average Bonchev–Trinajstić information content (AvgIpc) is 3.51. The number of nitrogens with zero attached hydrogens (tertiary/aromatic N) is 4. The van der Waals surface area contributed by atoms with Crippen LogP contribution < -0.4 is 0 Å². The van der Waals surface area contributed by atoms with Gasteiger partial charge in [-0.3, -0.25) is 0 Å². The Hall–Kier alpha value is -3.18. The van der Waals surface area contributed by atoms with Crippen molar-refractivity contribution in [2.24, 2.45) is 0 Å².